The third kappa shape index (κ3) is 3.32. The van der Waals surface area contributed by atoms with Crippen LogP contribution in [0.25, 0.3) is 5.69 Å². The fourth-order valence-electron chi connectivity index (χ4n) is 4.27. The molecule has 2 aromatic carbocycles. The van der Waals surface area contributed by atoms with E-state index in [1.807, 2.05) is 44.3 Å². The largest absolute Gasteiger partial charge is 0.492 e. The zero-order chi connectivity index (χ0) is 22.2. The fraction of sp³-hybridized carbons (Fsp3) is 0.364. The third-order valence-electron chi connectivity index (χ3n) is 5.83. The molecule has 0 radical (unpaired) electrons. The first-order chi connectivity index (χ1) is 15.6. The number of rotatable bonds is 5. The number of tetrazole rings is 1. The van der Waals surface area contributed by atoms with Crippen LogP contribution in [0.1, 0.15) is 36.3 Å². The monoisotopic (exact) mass is 436 g/mol. The highest BCUT2D eigenvalue weighted by Gasteiger charge is 2.37. The Labute approximate surface area is 185 Å². The number of anilines is 1. The van der Waals surface area contributed by atoms with Crippen molar-refractivity contribution in [3.05, 3.63) is 47.3 Å². The minimum absolute atomic E-state index is 0.0548. The van der Waals surface area contributed by atoms with Gasteiger partial charge in [0.2, 0.25) is 18.4 Å². The SMILES string of the molecule is CCC(=O)Nc1cccc(-n2nnnc2[C@H]2c3c(cc4c(c3OC)OCO4)CCN2C)c1. The number of amides is 1. The molecule has 0 fully saturated rings. The van der Waals surface area contributed by atoms with Gasteiger partial charge in [-0.1, -0.05) is 13.0 Å². The minimum Gasteiger partial charge on any atom is -0.492 e. The van der Waals surface area contributed by atoms with Crippen molar-refractivity contribution in [1.29, 1.82) is 0 Å². The standard InChI is InChI=1S/C22H24N6O4/c1-4-17(29)23-14-6-5-7-15(11-14)28-22(24-25-26-28)19-18-13(8-9-27(19)2)10-16-20(21(18)30-3)32-12-31-16/h5-7,10-11,19H,4,8-9,12H2,1-3H3,(H,23,29)/t19-/m1/s1. The molecule has 0 spiro atoms. The summed E-state index contributed by atoms with van der Waals surface area (Å²) in [4.78, 5) is 14.0. The minimum atomic E-state index is -0.257. The van der Waals surface area contributed by atoms with E-state index in [2.05, 4.69) is 25.7 Å². The molecule has 0 saturated carbocycles. The number of carbonyl (C=O) groups is 1. The van der Waals surface area contributed by atoms with Gasteiger partial charge in [-0.15, -0.1) is 5.10 Å². The van der Waals surface area contributed by atoms with Crippen LogP contribution >= 0.6 is 0 Å². The summed E-state index contributed by atoms with van der Waals surface area (Å²) in [6.07, 6.45) is 1.25. The van der Waals surface area contributed by atoms with Gasteiger partial charge in [-0.25, -0.2) is 0 Å². The molecular formula is C22H24N6O4. The molecule has 2 aliphatic heterocycles. The number of hydrogen-bond acceptors (Lipinski definition) is 8. The van der Waals surface area contributed by atoms with Crippen molar-refractivity contribution in [1.82, 2.24) is 25.1 Å². The maximum atomic E-state index is 11.8. The van der Waals surface area contributed by atoms with Crippen LogP contribution in [-0.2, 0) is 11.2 Å². The number of carbonyl (C=O) groups excluding carboxylic acids is 1. The van der Waals surface area contributed by atoms with Crippen LogP contribution in [0.2, 0.25) is 0 Å². The van der Waals surface area contributed by atoms with Crippen molar-refractivity contribution >= 4 is 11.6 Å². The number of methoxy groups -OCH3 is 1. The van der Waals surface area contributed by atoms with E-state index in [0.29, 0.717) is 35.2 Å². The summed E-state index contributed by atoms with van der Waals surface area (Å²) >= 11 is 0. The molecule has 5 rings (SSSR count). The molecule has 10 heteroatoms. The van der Waals surface area contributed by atoms with Gasteiger partial charge in [-0.05, 0) is 53.7 Å². The Hall–Kier alpha value is -3.66. The summed E-state index contributed by atoms with van der Waals surface area (Å²) in [5, 5.41) is 15.5. The molecule has 0 bridgehead atoms. The molecule has 0 unspecified atom stereocenters. The van der Waals surface area contributed by atoms with Gasteiger partial charge in [0.15, 0.2) is 17.3 Å². The first kappa shape index (κ1) is 20.3. The summed E-state index contributed by atoms with van der Waals surface area (Å²) in [5.41, 5.74) is 3.53. The lowest BCUT2D eigenvalue weighted by Gasteiger charge is -2.34. The van der Waals surface area contributed by atoms with Gasteiger partial charge in [0.25, 0.3) is 0 Å². The van der Waals surface area contributed by atoms with Gasteiger partial charge in [0.1, 0.15) is 6.04 Å². The maximum Gasteiger partial charge on any atom is 0.231 e. The molecule has 0 aliphatic carbocycles. The smallest absolute Gasteiger partial charge is 0.231 e. The average Bonchev–Trinajstić information content (AvgIpc) is 3.47. The Bertz CT molecular complexity index is 1180. The molecular weight excluding hydrogens is 412 g/mol. The van der Waals surface area contributed by atoms with E-state index in [0.717, 1.165) is 29.8 Å². The highest BCUT2D eigenvalue weighted by Crippen LogP contribution is 2.50. The van der Waals surface area contributed by atoms with Gasteiger partial charge in [0, 0.05) is 24.2 Å². The van der Waals surface area contributed by atoms with Crippen LogP contribution in [0.3, 0.4) is 0 Å². The Morgan fingerprint density at radius 2 is 2.19 bits per heavy atom. The molecule has 3 heterocycles. The van der Waals surface area contributed by atoms with Crippen molar-refractivity contribution in [2.24, 2.45) is 0 Å². The lowest BCUT2D eigenvalue weighted by atomic mass is 9.90. The molecule has 1 N–H and O–H groups in total. The lowest BCUT2D eigenvalue weighted by molar-refractivity contribution is -0.115. The van der Waals surface area contributed by atoms with Gasteiger partial charge in [-0.3, -0.25) is 9.69 Å². The normalized spacial score (nSPS) is 17.2. The predicted octanol–water partition coefficient (Wildman–Crippen LogP) is 2.33. The number of ether oxygens (including phenoxy) is 3. The molecule has 1 atom stereocenters. The summed E-state index contributed by atoms with van der Waals surface area (Å²) in [5.74, 6) is 2.54. The van der Waals surface area contributed by atoms with Crippen LogP contribution in [0.5, 0.6) is 17.2 Å². The summed E-state index contributed by atoms with van der Waals surface area (Å²) in [6.45, 7) is 2.80. The summed E-state index contributed by atoms with van der Waals surface area (Å²) in [6, 6.07) is 9.23. The first-order valence-electron chi connectivity index (χ1n) is 10.5. The second-order valence-electron chi connectivity index (χ2n) is 7.75. The van der Waals surface area contributed by atoms with Gasteiger partial charge < -0.3 is 19.5 Å². The second kappa shape index (κ2) is 8.12. The third-order valence-corrected chi connectivity index (χ3v) is 5.83. The molecule has 3 aromatic rings. The Balaban J connectivity index is 1.61. The zero-order valence-corrected chi connectivity index (χ0v) is 18.2. The molecule has 2 aliphatic rings. The Kier molecular flexibility index (Phi) is 5.14. The van der Waals surface area contributed by atoms with Crippen molar-refractivity contribution in [3.8, 4) is 22.9 Å². The molecule has 10 nitrogen and oxygen atoms in total. The van der Waals surface area contributed by atoms with Crippen LogP contribution in [-0.4, -0.2) is 58.5 Å². The van der Waals surface area contributed by atoms with E-state index in [1.54, 1.807) is 11.8 Å². The van der Waals surface area contributed by atoms with Gasteiger partial charge in [0.05, 0.1) is 12.8 Å². The molecule has 1 amide bonds. The molecule has 0 saturated heterocycles. The van der Waals surface area contributed by atoms with Gasteiger partial charge >= 0.3 is 0 Å². The summed E-state index contributed by atoms with van der Waals surface area (Å²) < 4.78 is 18.8. The molecule has 32 heavy (non-hydrogen) atoms. The van der Waals surface area contributed by atoms with Crippen molar-refractivity contribution < 1.29 is 19.0 Å². The van der Waals surface area contributed by atoms with Crippen LogP contribution in [0.4, 0.5) is 5.69 Å². The number of hydrogen-bond donors (Lipinski definition) is 1. The fourth-order valence-corrected chi connectivity index (χ4v) is 4.27. The van der Waals surface area contributed by atoms with E-state index in [9.17, 15) is 4.79 Å². The van der Waals surface area contributed by atoms with Crippen molar-refractivity contribution in [2.45, 2.75) is 25.8 Å². The van der Waals surface area contributed by atoms with Crippen LogP contribution < -0.4 is 19.5 Å². The number of likely N-dealkylation sites (N-methyl/N-ethyl adjacent to an activating group) is 1. The Morgan fingerprint density at radius 1 is 1.31 bits per heavy atom. The van der Waals surface area contributed by atoms with E-state index in [4.69, 9.17) is 14.2 Å². The van der Waals surface area contributed by atoms with Crippen LogP contribution in [0, 0.1) is 0 Å². The van der Waals surface area contributed by atoms with Gasteiger partial charge in [-0.2, -0.15) is 4.68 Å². The van der Waals surface area contributed by atoms with E-state index < -0.39 is 0 Å². The van der Waals surface area contributed by atoms with Crippen molar-refractivity contribution in [3.63, 3.8) is 0 Å². The highest BCUT2D eigenvalue weighted by molar-refractivity contribution is 5.90. The maximum absolute atomic E-state index is 11.8. The van der Waals surface area contributed by atoms with E-state index in [1.165, 1.54) is 0 Å². The number of aromatic nitrogens is 4. The number of benzene rings is 2. The molecule has 1 aromatic heterocycles. The topological polar surface area (TPSA) is 104 Å². The number of fused-ring (bicyclic) bond motifs is 2. The lowest BCUT2D eigenvalue weighted by Crippen LogP contribution is -2.35. The predicted molar refractivity (Wildman–Crippen MR) is 115 cm³/mol. The number of nitrogens with one attached hydrogen (secondary N) is 1. The summed E-state index contributed by atoms with van der Waals surface area (Å²) in [7, 11) is 3.67. The van der Waals surface area contributed by atoms with Crippen LogP contribution in [0.15, 0.2) is 30.3 Å². The average molecular weight is 436 g/mol. The van der Waals surface area contributed by atoms with E-state index >= 15 is 0 Å². The zero-order valence-electron chi connectivity index (χ0n) is 18.2. The quantitative estimate of drug-likeness (QED) is 0.650. The van der Waals surface area contributed by atoms with Crippen molar-refractivity contribution in [2.75, 3.05) is 32.8 Å². The number of nitrogens with zero attached hydrogens (tertiary/aromatic N) is 5. The Morgan fingerprint density at radius 3 is 3.00 bits per heavy atom. The highest BCUT2D eigenvalue weighted by atomic mass is 16.7. The first-order valence-corrected chi connectivity index (χ1v) is 10.5. The second-order valence-corrected chi connectivity index (χ2v) is 7.75. The molecule has 166 valence electrons. The van der Waals surface area contributed by atoms with E-state index in [-0.39, 0.29) is 18.7 Å².